The summed E-state index contributed by atoms with van der Waals surface area (Å²) < 4.78 is 0.505. The maximum absolute atomic E-state index is 5.86. The van der Waals surface area contributed by atoms with Crippen molar-refractivity contribution in [1.29, 1.82) is 0 Å². The second-order valence-electron chi connectivity index (χ2n) is 1.73. The molecule has 3 radical (unpaired) electrons. The maximum Gasteiger partial charge on any atom is 0.0590 e. The minimum atomic E-state index is -0.185. The van der Waals surface area contributed by atoms with Crippen LogP contribution in [-0.4, -0.2) is 22.9 Å². The molecule has 0 heterocycles. The van der Waals surface area contributed by atoms with Crippen LogP contribution in [0.4, 0.5) is 0 Å². The normalized spacial score (nSPS) is 15.0. The number of hydrogen-bond donors (Lipinski definition) is 0. The molecule has 0 nitrogen and oxygen atoms in total. The molecule has 0 rings (SSSR count). The van der Waals surface area contributed by atoms with Crippen LogP contribution in [-0.2, 0) is 0 Å². The molecule has 0 aromatic carbocycles. The Balaban J connectivity index is 3.14. The first kappa shape index (κ1) is 7.72. The van der Waals surface area contributed by atoms with Crippen molar-refractivity contribution in [2.24, 2.45) is 0 Å². The number of alkyl halides is 1. The highest BCUT2D eigenvalue weighted by Gasteiger charge is 2.06. The van der Waals surface area contributed by atoms with E-state index in [2.05, 4.69) is 19.6 Å². The summed E-state index contributed by atoms with van der Waals surface area (Å²) >= 11 is 5.86. The van der Waals surface area contributed by atoms with Crippen LogP contribution >= 0.6 is 11.6 Å². The number of rotatable bonds is 2. The SMILES string of the molecule is C[Si]C(Cl)[Si](C)C. The van der Waals surface area contributed by atoms with E-state index in [4.69, 9.17) is 11.6 Å². The molecule has 7 heavy (non-hydrogen) atoms. The van der Waals surface area contributed by atoms with E-state index in [0.29, 0.717) is 4.62 Å². The lowest BCUT2D eigenvalue weighted by Gasteiger charge is -2.05. The lowest BCUT2D eigenvalue weighted by atomic mass is 11.8. The van der Waals surface area contributed by atoms with Crippen molar-refractivity contribution < 1.29 is 0 Å². The third-order valence-electron chi connectivity index (χ3n) is 0.760. The van der Waals surface area contributed by atoms with Crippen molar-refractivity contribution in [1.82, 2.24) is 0 Å². The standard InChI is InChI=1S/C4H10ClSi2/c1-6-4(5)7(2)3/h4H,1-3H3. The number of hydrogen-bond acceptors (Lipinski definition) is 0. The first-order valence-electron chi connectivity index (χ1n) is 2.30. The zero-order valence-corrected chi connectivity index (χ0v) is 7.71. The van der Waals surface area contributed by atoms with Crippen LogP contribution in [0.15, 0.2) is 0 Å². The molecule has 0 amide bonds. The van der Waals surface area contributed by atoms with Gasteiger partial charge in [-0.2, -0.15) is 0 Å². The van der Waals surface area contributed by atoms with E-state index in [9.17, 15) is 0 Å². The summed E-state index contributed by atoms with van der Waals surface area (Å²) in [5.74, 6) is 0. The van der Waals surface area contributed by atoms with E-state index in [1.165, 1.54) is 0 Å². The molecule has 0 fully saturated rings. The Kier molecular flexibility index (Phi) is 4.07. The lowest BCUT2D eigenvalue weighted by molar-refractivity contribution is 1.69. The van der Waals surface area contributed by atoms with Crippen molar-refractivity contribution in [3.63, 3.8) is 0 Å². The highest BCUT2D eigenvalue weighted by molar-refractivity contribution is 6.81. The van der Waals surface area contributed by atoms with Crippen molar-refractivity contribution in [3.05, 3.63) is 0 Å². The summed E-state index contributed by atoms with van der Waals surface area (Å²) in [5.41, 5.74) is 0. The van der Waals surface area contributed by atoms with Crippen LogP contribution in [0.1, 0.15) is 0 Å². The van der Waals surface area contributed by atoms with Gasteiger partial charge in [0.15, 0.2) is 0 Å². The zero-order chi connectivity index (χ0) is 5.86. The van der Waals surface area contributed by atoms with Crippen LogP contribution in [0.3, 0.4) is 0 Å². The molecule has 41 valence electrons. The predicted octanol–water partition coefficient (Wildman–Crippen LogP) is 1.60. The molecule has 0 saturated heterocycles. The van der Waals surface area contributed by atoms with Gasteiger partial charge >= 0.3 is 0 Å². The molecule has 0 aliphatic carbocycles. The highest BCUT2D eigenvalue weighted by atomic mass is 35.5. The molecule has 0 aromatic heterocycles. The molecule has 0 N–H and O–H groups in total. The number of halogens is 1. The summed E-state index contributed by atoms with van der Waals surface area (Å²) in [6.07, 6.45) is 0. The third kappa shape index (κ3) is 3.32. The minimum absolute atomic E-state index is 0.185. The molecule has 0 aromatic rings. The lowest BCUT2D eigenvalue weighted by Crippen LogP contribution is -2.22. The Hall–Kier alpha value is 0.724. The van der Waals surface area contributed by atoms with Crippen molar-refractivity contribution in [2.45, 2.75) is 24.3 Å². The first-order chi connectivity index (χ1) is 3.18. The third-order valence-corrected chi connectivity index (χ3v) is 6.84. The summed E-state index contributed by atoms with van der Waals surface area (Å²) in [6.45, 7) is 6.66. The maximum atomic E-state index is 5.86. The smallest absolute Gasteiger partial charge is 0.0590 e. The zero-order valence-electron chi connectivity index (χ0n) is 4.96. The van der Waals surface area contributed by atoms with Gasteiger partial charge in [-0.25, -0.2) is 0 Å². The van der Waals surface area contributed by atoms with Gasteiger partial charge in [0.1, 0.15) is 0 Å². The predicted molar refractivity (Wildman–Crippen MR) is 38.7 cm³/mol. The quantitative estimate of drug-likeness (QED) is 0.414. The van der Waals surface area contributed by atoms with E-state index in [0.717, 1.165) is 9.52 Å². The average Bonchev–Trinajstić information content (AvgIpc) is 1.65. The van der Waals surface area contributed by atoms with Gasteiger partial charge in [-0.3, -0.25) is 0 Å². The molecular weight excluding hydrogens is 140 g/mol. The largest absolute Gasteiger partial charge is 0.131 e. The molecule has 1 atom stereocenters. The van der Waals surface area contributed by atoms with E-state index < -0.39 is 0 Å². The minimum Gasteiger partial charge on any atom is -0.131 e. The molecule has 0 aliphatic heterocycles. The van der Waals surface area contributed by atoms with Gasteiger partial charge in [0.05, 0.1) is 18.3 Å². The van der Waals surface area contributed by atoms with Gasteiger partial charge in [0, 0.05) is 4.62 Å². The Morgan fingerprint density at radius 1 is 1.57 bits per heavy atom. The van der Waals surface area contributed by atoms with Gasteiger partial charge in [0.2, 0.25) is 0 Å². The molecule has 0 saturated carbocycles. The fourth-order valence-corrected chi connectivity index (χ4v) is 2.60. The second-order valence-corrected chi connectivity index (χ2v) is 7.36. The molecule has 0 aliphatic rings. The van der Waals surface area contributed by atoms with Crippen LogP contribution in [0.2, 0.25) is 19.6 Å². The molecular formula is C4H10ClSi2. The molecule has 0 spiro atoms. The van der Waals surface area contributed by atoms with Crippen LogP contribution < -0.4 is 0 Å². The summed E-state index contributed by atoms with van der Waals surface area (Å²) in [6, 6.07) is 0. The van der Waals surface area contributed by atoms with Crippen molar-refractivity contribution >= 4 is 29.9 Å². The van der Waals surface area contributed by atoms with Crippen LogP contribution in [0.5, 0.6) is 0 Å². The van der Waals surface area contributed by atoms with Gasteiger partial charge in [-0.1, -0.05) is 19.6 Å². The molecule has 3 heteroatoms. The van der Waals surface area contributed by atoms with Gasteiger partial charge in [-0.15, -0.1) is 11.6 Å². The first-order valence-corrected chi connectivity index (χ1v) is 6.89. The molecule has 0 bridgehead atoms. The second kappa shape index (κ2) is 3.69. The van der Waals surface area contributed by atoms with Gasteiger partial charge in [0.25, 0.3) is 0 Å². The summed E-state index contributed by atoms with van der Waals surface area (Å²) in [7, 11) is 0.737. The van der Waals surface area contributed by atoms with E-state index in [-0.39, 0.29) is 8.80 Å². The fraction of sp³-hybridized carbons (Fsp3) is 1.00. The Morgan fingerprint density at radius 2 is 2.00 bits per heavy atom. The highest BCUT2D eigenvalue weighted by Crippen LogP contribution is 1.97. The summed E-state index contributed by atoms with van der Waals surface area (Å²) in [5, 5.41) is 0. The van der Waals surface area contributed by atoms with Crippen LogP contribution in [0, 0.1) is 0 Å². The topological polar surface area (TPSA) is 0 Å². The van der Waals surface area contributed by atoms with Crippen molar-refractivity contribution in [2.75, 3.05) is 0 Å². The fourth-order valence-electron chi connectivity index (χ4n) is 0.289. The van der Waals surface area contributed by atoms with Crippen molar-refractivity contribution in [3.8, 4) is 0 Å². The monoisotopic (exact) mass is 149 g/mol. The van der Waals surface area contributed by atoms with Crippen LogP contribution in [0.25, 0.3) is 0 Å². The molecule has 1 unspecified atom stereocenters. The van der Waals surface area contributed by atoms with Gasteiger partial charge < -0.3 is 0 Å². The van der Waals surface area contributed by atoms with E-state index >= 15 is 0 Å². The van der Waals surface area contributed by atoms with E-state index in [1.807, 2.05) is 0 Å². The Labute approximate surface area is 54.7 Å². The Bertz CT molecular complexity index is 47.0. The van der Waals surface area contributed by atoms with E-state index in [1.54, 1.807) is 0 Å². The summed E-state index contributed by atoms with van der Waals surface area (Å²) in [4.78, 5) is 0. The average molecular weight is 150 g/mol. The van der Waals surface area contributed by atoms with Gasteiger partial charge in [-0.05, 0) is 0 Å². The Morgan fingerprint density at radius 3 is 2.00 bits per heavy atom.